The predicted octanol–water partition coefficient (Wildman–Crippen LogP) is 0.386. The molecule has 1 aliphatic heterocycles. The average Bonchev–Trinajstić information content (AvgIpc) is 2.61. The van der Waals surface area contributed by atoms with E-state index in [0.717, 1.165) is 7.11 Å². The zero-order valence-corrected chi connectivity index (χ0v) is 8.79. The standard InChI is InChI=1S/C8H14F3N3O2/c1-16-7(8(9,10)11)2-3-14(5-7)4-6(12)13-15/h15H,2-5H2,1H3,(H2,12,13)/t7-/m0/s1. The van der Waals surface area contributed by atoms with Gasteiger partial charge in [0.2, 0.25) is 0 Å². The first-order valence-electron chi connectivity index (χ1n) is 4.65. The number of ether oxygens (including phenoxy) is 1. The Bertz CT molecular complexity index is 282. The van der Waals surface area contributed by atoms with Crippen molar-refractivity contribution in [1.82, 2.24) is 4.90 Å². The summed E-state index contributed by atoms with van der Waals surface area (Å²) in [6, 6.07) is 0. The third-order valence-electron chi connectivity index (χ3n) is 2.73. The van der Waals surface area contributed by atoms with Crippen LogP contribution in [0.25, 0.3) is 0 Å². The second-order valence-electron chi connectivity index (χ2n) is 3.75. The van der Waals surface area contributed by atoms with Gasteiger partial charge in [-0.15, -0.1) is 0 Å². The summed E-state index contributed by atoms with van der Waals surface area (Å²) in [6.45, 7) is -0.107. The van der Waals surface area contributed by atoms with Crippen LogP contribution in [0.1, 0.15) is 6.42 Å². The number of oxime groups is 1. The van der Waals surface area contributed by atoms with Gasteiger partial charge in [-0.2, -0.15) is 13.2 Å². The number of halogens is 3. The minimum absolute atomic E-state index is 0.00229. The smallest absolute Gasteiger partial charge is 0.409 e. The average molecular weight is 241 g/mol. The van der Waals surface area contributed by atoms with E-state index in [1.54, 1.807) is 0 Å². The van der Waals surface area contributed by atoms with E-state index in [4.69, 9.17) is 10.9 Å². The number of rotatable bonds is 3. The molecule has 0 bridgehead atoms. The van der Waals surface area contributed by atoms with Gasteiger partial charge in [0.1, 0.15) is 0 Å². The number of alkyl halides is 3. The van der Waals surface area contributed by atoms with Gasteiger partial charge < -0.3 is 15.7 Å². The zero-order chi connectivity index (χ0) is 12.4. The van der Waals surface area contributed by atoms with Gasteiger partial charge in [0.05, 0.1) is 6.54 Å². The molecule has 0 spiro atoms. The molecular formula is C8H14F3N3O2. The van der Waals surface area contributed by atoms with Crippen LogP contribution >= 0.6 is 0 Å². The molecule has 1 aliphatic rings. The van der Waals surface area contributed by atoms with Crippen molar-refractivity contribution in [2.75, 3.05) is 26.7 Å². The molecule has 1 atom stereocenters. The molecule has 5 nitrogen and oxygen atoms in total. The number of likely N-dealkylation sites (tertiary alicyclic amines) is 1. The maximum atomic E-state index is 12.7. The number of amidine groups is 1. The molecule has 16 heavy (non-hydrogen) atoms. The SMILES string of the molecule is CO[C@@]1(C(F)(F)F)CCN(CC(N)=NO)C1. The molecule has 0 amide bonds. The maximum Gasteiger partial charge on any atom is 0.418 e. The van der Waals surface area contributed by atoms with Crippen LogP contribution in [-0.2, 0) is 4.74 Å². The summed E-state index contributed by atoms with van der Waals surface area (Å²) in [5.41, 5.74) is 3.09. The molecule has 1 heterocycles. The third-order valence-corrected chi connectivity index (χ3v) is 2.73. The zero-order valence-electron chi connectivity index (χ0n) is 8.79. The van der Waals surface area contributed by atoms with Crippen molar-refractivity contribution in [1.29, 1.82) is 0 Å². The molecule has 0 radical (unpaired) electrons. The third kappa shape index (κ3) is 2.38. The van der Waals surface area contributed by atoms with Crippen LogP contribution in [-0.4, -0.2) is 54.5 Å². The van der Waals surface area contributed by atoms with Crippen LogP contribution < -0.4 is 5.73 Å². The van der Waals surface area contributed by atoms with Crippen LogP contribution in [0.5, 0.6) is 0 Å². The van der Waals surface area contributed by atoms with Crippen molar-refractivity contribution in [2.45, 2.75) is 18.2 Å². The highest BCUT2D eigenvalue weighted by molar-refractivity contribution is 5.81. The number of nitrogens with two attached hydrogens (primary N) is 1. The normalized spacial score (nSPS) is 28.6. The van der Waals surface area contributed by atoms with E-state index >= 15 is 0 Å². The Morgan fingerprint density at radius 1 is 1.62 bits per heavy atom. The first-order valence-corrected chi connectivity index (χ1v) is 4.65. The van der Waals surface area contributed by atoms with E-state index in [1.807, 2.05) is 0 Å². The Labute approximate surface area is 90.6 Å². The van der Waals surface area contributed by atoms with Gasteiger partial charge in [0, 0.05) is 20.2 Å². The van der Waals surface area contributed by atoms with Crippen LogP contribution in [0.2, 0.25) is 0 Å². The summed E-state index contributed by atoms with van der Waals surface area (Å²) in [4.78, 5) is 1.44. The van der Waals surface area contributed by atoms with Crippen LogP contribution in [0.15, 0.2) is 5.16 Å². The lowest BCUT2D eigenvalue weighted by Gasteiger charge is -2.30. The number of hydrogen-bond donors (Lipinski definition) is 2. The highest BCUT2D eigenvalue weighted by atomic mass is 19.4. The monoisotopic (exact) mass is 241 g/mol. The fraction of sp³-hybridized carbons (Fsp3) is 0.875. The molecule has 1 rings (SSSR count). The van der Waals surface area contributed by atoms with Gasteiger partial charge >= 0.3 is 6.18 Å². The van der Waals surface area contributed by atoms with E-state index in [2.05, 4.69) is 9.89 Å². The molecule has 8 heteroatoms. The fourth-order valence-corrected chi connectivity index (χ4v) is 1.77. The molecule has 3 N–H and O–H groups in total. The van der Waals surface area contributed by atoms with Gasteiger partial charge in [-0.05, 0) is 6.42 Å². The van der Waals surface area contributed by atoms with Crippen molar-refractivity contribution in [3.05, 3.63) is 0 Å². The second-order valence-corrected chi connectivity index (χ2v) is 3.75. The highest BCUT2D eigenvalue weighted by Crippen LogP contribution is 2.40. The Hall–Kier alpha value is -1.02. The van der Waals surface area contributed by atoms with Crippen LogP contribution in [0, 0.1) is 0 Å². The molecule has 1 saturated heterocycles. The van der Waals surface area contributed by atoms with Gasteiger partial charge in [-0.25, -0.2) is 0 Å². The van der Waals surface area contributed by atoms with Gasteiger partial charge in [-0.1, -0.05) is 5.16 Å². The Morgan fingerprint density at radius 3 is 2.62 bits per heavy atom. The maximum absolute atomic E-state index is 12.7. The molecule has 0 aromatic carbocycles. The molecule has 1 fully saturated rings. The number of methoxy groups -OCH3 is 1. The Kier molecular flexibility index (Phi) is 3.64. The topological polar surface area (TPSA) is 71.1 Å². The van der Waals surface area contributed by atoms with Crippen molar-refractivity contribution in [3.8, 4) is 0 Å². The van der Waals surface area contributed by atoms with Crippen LogP contribution in [0.4, 0.5) is 13.2 Å². The van der Waals surface area contributed by atoms with E-state index < -0.39 is 11.8 Å². The molecule has 0 aliphatic carbocycles. The summed E-state index contributed by atoms with van der Waals surface area (Å²) < 4.78 is 42.8. The summed E-state index contributed by atoms with van der Waals surface area (Å²) in [6.07, 6.45) is -4.56. The lowest BCUT2D eigenvalue weighted by atomic mass is 10.0. The minimum Gasteiger partial charge on any atom is -0.409 e. The second kappa shape index (κ2) is 4.46. The van der Waals surface area contributed by atoms with Gasteiger partial charge in [-0.3, -0.25) is 4.90 Å². The van der Waals surface area contributed by atoms with E-state index in [9.17, 15) is 13.2 Å². The van der Waals surface area contributed by atoms with E-state index in [1.165, 1.54) is 4.90 Å². The van der Waals surface area contributed by atoms with Gasteiger partial charge in [0.15, 0.2) is 11.4 Å². The number of nitrogens with zero attached hydrogens (tertiary/aromatic N) is 2. The predicted molar refractivity (Wildman–Crippen MR) is 50.3 cm³/mol. The van der Waals surface area contributed by atoms with Crippen LogP contribution in [0.3, 0.4) is 0 Å². The molecular weight excluding hydrogens is 227 g/mol. The first kappa shape index (κ1) is 13.0. The van der Waals surface area contributed by atoms with E-state index in [-0.39, 0.29) is 31.9 Å². The fourth-order valence-electron chi connectivity index (χ4n) is 1.77. The van der Waals surface area contributed by atoms with E-state index in [0.29, 0.717) is 0 Å². The molecule has 0 aromatic heterocycles. The summed E-state index contributed by atoms with van der Waals surface area (Å²) in [5.74, 6) is -0.117. The summed E-state index contributed by atoms with van der Waals surface area (Å²) in [7, 11) is 1.04. The largest absolute Gasteiger partial charge is 0.418 e. The summed E-state index contributed by atoms with van der Waals surface area (Å²) in [5, 5.41) is 11.0. The molecule has 94 valence electrons. The lowest BCUT2D eigenvalue weighted by Crippen LogP contribution is -2.49. The van der Waals surface area contributed by atoms with Crippen molar-refractivity contribution in [3.63, 3.8) is 0 Å². The van der Waals surface area contributed by atoms with Crippen molar-refractivity contribution >= 4 is 5.84 Å². The minimum atomic E-state index is -4.42. The summed E-state index contributed by atoms with van der Waals surface area (Å²) >= 11 is 0. The van der Waals surface area contributed by atoms with Gasteiger partial charge in [0.25, 0.3) is 0 Å². The molecule has 0 aromatic rings. The Morgan fingerprint density at radius 2 is 2.25 bits per heavy atom. The molecule has 0 saturated carbocycles. The molecule has 0 unspecified atom stereocenters. The first-order chi connectivity index (χ1) is 7.34. The van der Waals surface area contributed by atoms with Crippen molar-refractivity contribution in [2.24, 2.45) is 10.9 Å². The highest BCUT2D eigenvalue weighted by Gasteiger charge is 2.58. The quantitative estimate of drug-likeness (QED) is 0.324. The number of hydrogen-bond acceptors (Lipinski definition) is 4. The Balaban J connectivity index is 2.69. The van der Waals surface area contributed by atoms with Crippen molar-refractivity contribution < 1.29 is 23.1 Å². The lowest BCUT2D eigenvalue weighted by molar-refractivity contribution is -0.263.